The number of nitrogens with zero attached hydrogens (tertiary/aromatic N) is 3. The normalized spacial score (nSPS) is 22.2. The van der Waals surface area contributed by atoms with Crippen LogP contribution in [0.1, 0.15) is 63.4 Å². The molecular formula is C22H29N3O3S. The van der Waals surface area contributed by atoms with E-state index in [9.17, 15) is 13.2 Å². The summed E-state index contributed by atoms with van der Waals surface area (Å²) in [6, 6.07) is 8.85. The number of carbonyl (C=O) groups is 1. The number of carbonyl (C=O) groups excluding carboxylic acids is 1. The van der Waals surface area contributed by atoms with E-state index in [0.29, 0.717) is 43.6 Å². The summed E-state index contributed by atoms with van der Waals surface area (Å²) in [5, 5.41) is 8.90. The van der Waals surface area contributed by atoms with Gasteiger partial charge < -0.3 is 4.90 Å². The molecular weight excluding hydrogens is 386 g/mol. The minimum absolute atomic E-state index is 0.0649. The summed E-state index contributed by atoms with van der Waals surface area (Å²) in [5.41, 5.74) is 0.441. The molecule has 0 N–H and O–H groups in total. The second kappa shape index (κ2) is 8.45. The maximum atomic E-state index is 13.3. The van der Waals surface area contributed by atoms with Crippen LogP contribution in [0.4, 0.5) is 0 Å². The van der Waals surface area contributed by atoms with Gasteiger partial charge in [-0.25, -0.2) is 8.42 Å². The van der Waals surface area contributed by atoms with Gasteiger partial charge in [-0.1, -0.05) is 19.3 Å². The summed E-state index contributed by atoms with van der Waals surface area (Å²) in [4.78, 5) is 15.7. The average Bonchev–Trinajstić information content (AvgIpc) is 3.60. The number of rotatable bonds is 5. The van der Waals surface area contributed by atoms with E-state index in [2.05, 4.69) is 4.90 Å². The van der Waals surface area contributed by atoms with Crippen LogP contribution in [0.15, 0.2) is 29.2 Å². The molecule has 0 spiro atoms. The van der Waals surface area contributed by atoms with Crippen LogP contribution in [0.3, 0.4) is 0 Å². The van der Waals surface area contributed by atoms with Gasteiger partial charge in [-0.2, -0.15) is 9.57 Å². The van der Waals surface area contributed by atoms with E-state index in [1.54, 1.807) is 0 Å². The van der Waals surface area contributed by atoms with Crippen LogP contribution in [0.2, 0.25) is 0 Å². The highest BCUT2D eigenvalue weighted by molar-refractivity contribution is 7.89. The van der Waals surface area contributed by atoms with Gasteiger partial charge in [-0.3, -0.25) is 4.79 Å². The van der Waals surface area contributed by atoms with Crippen LogP contribution in [-0.2, 0) is 14.8 Å². The summed E-state index contributed by atoms with van der Waals surface area (Å²) in [6.45, 7) is 0.754. The van der Waals surface area contributed by atoms with E-state index >= 15 is 0 Å². The number of hydrogen-bond acceptors (Lipinski definition) is 4. The zero-order valence-corrected chi connectivity index (χ0v) is 17.6. The lowest BCUT2D eigenvalue weighted by Crippen LogP contribution is -2.49. The molecule has 4 rings (SSSR count). The van der Waals surface area contributed by atoms with E-state index in [1.165, 1.54) is 47.8 Å². The first-order valence-corrected chi connectivity index (χ1v) is 12.3. The quantitative estimate of drug-likeness (QED) is 0.739. The molecule has 1 amide bonds. The molecule has 6 nitrogen and oxygen atoms in total. The predicted octanol–water partition coefficient (Wildman–Crippen LogP) is 3.28. The van der Waals surface area contributed by atoms with Crippen molar-refractivity contribution in [2.75, 3.05) is 13.1 Å². The average molecular weight is 416 g/mol. The van der Waals surface area contributed by atoms with Crippen LogP contribution >= 0.6 is 0 Å². The van der Waals surface area contributed by atoms with Crippen LogP contribution in [-0.4, -0.2) is 48.7 Å². The standard InChI is InChI=1S/C22H29N3O3S/c23-16-17-6-10-21(11-7-17)29(27,28)24-14-12-18(13-15-24)22(26)25(20-8-9-20)19-4-2-1-3-5-19/h6-7,10-11,18-20H,1-5,8-9,12-15H2. The topological polar surface area (TPSA) is 81.5 Å². The monoisotopic (exact) mass is 415 g/mol. The highest BCUT2D eigenvalue weighted by Gasteiger charge is 2.41. The third-order valence-electron chi connectivity index (χ3n) is 6.59. The molecule has 0 unspecified atom stereocenters. The van der Waals surface area contributed by atoms with Gasteiger partial charge in [0.25, 0.3) is 0 Å². The van der Waals surface area contributed by atoms with Gasteiger partial charge in [0, 0.05) is 31.1 Å². The van der Waals surface area contributed by atoms with Crippen molar-refractivity contribution in [2.45, 2.75) is 74.8 Å². The highest BCUT2D eigenvalue weighted by atomic mass is 32.2. The third kappa shape index (κ3) is 4.34. The SMILES string of the molecule is N#Cc1ccc(S(=O)(=O)N2CCC(C(=O)N(C3CCCCC3)C3CC3)CC2)cc1. The molecule has 3 fully saturated rings. The highest BCUT2D eigenvalue weighted by Crippen LogP contribution is 2.36. The van der Waals surface area contributed by atoms with E-state index in [-0.39, 0.29) is 16.7 Å². The Bertz CT molecular complexity index is 873. The largest absolute Gasteiger partial charge is 0.336 e. The molecule has 1 aromatic rings. The molecule has 1 aromatic carbocycles. The minimum atomic E-state index is -3.58. The lowest BCUT2D eigenvalue weighted by atomic mass is 9.91. The summed E-state index contributed by atoms with van der Waals surface area (Å²) < 4.78 is 27.3. The summed E-state index contributed by atoms with van der Waals surface area (Å²) in [5.74, 6) is 0.194. The van der Waals surface area contributed by atoms with Gasteiger partial charge in [-0.15, -0.1) is 0 Å². The molecule has 0 aromatic heterocycles. The summed E-state index contributed by atoms with van der Waals surface area (Å²) >= 11 is 0. The Labute approximate surface area is 173 Å². The zero-order chi connectivity index (χ0) is 20.4. The molecule has 0 radical (unpaired) electrons. The van der Waals surface area contributed by atoms with E-state index in [0.717, 1.165) is 25.7 Å². The smallest absolute Gasteiger partial charge is 0.243 e. The van der Waals surface area contributed by atoms with Crippen molar-refractivity contribution in [1.82, 2.24) is 9.21 Å². The molecule has 1 heterocycles. The van der Waals surface area contributed by atoms with Crippen molar-refractivity contribution in [3.05, 3.63) is 29.8 Å². The molecule has 0 atom stereocenters. The van der Waals surface area contributed by atoms with Crippen LogP contribution in [0, 0.1) is 17.2 Å². The molecule has 2 aliphatic carbocycles. The fourth-order valence-corrected chi connectivity index (χ4v) is 6.24. The van der Waals surface area contributed by atoms with Crippen molar-refractivity contribution in [3.8, 4) is 6.07 Å². The van der Waals surface area contributed by atoms with Crippen LogP contribution < -0.4 is 0 Å². The molecule has 0 bridgehead atoms. The van der Waals surface area contributed by atoms with Gasteiger partial charge in [0.1, 0.15) is 0 Å². The van der Waals surface area contributed by atoms with Gasteiger partial charge >= 0.3 is 0 Å². The number of piperidine rings is 1. The van der Waals surface area contributed by atoms with Crippen molar-refractivity contribution < 1.29 is 13.2 Å². The molecule has 1 saturated heterocycles. The Morgan fingerprint density at radius 3 is 2.07 bits per heavy atom. The van der Waals surface area contributed by atoms with Crippen LogP contribution in [0.25, 0.3) is 0 Å². The number of benzene rings is 1. The molecule has 2 saturated carbocycles. The predicted molar refractivity (Wildman–Crippen MR) is 109 cm³/mol. The Balaban J connectivity index is 1.40. The van der Waals surface area contributed by atoms with Gasteiger partial charge in [0.15, 0.2) is 0 Å². The van der Waals surface area contributed by atoms with Crippen molar-refractivity contribution in [2.24, 2.45) is 5.92 Å². The fraction of sp³-hybridized carbons (Fsp3) is 0.636. The second-order valence-corrected chi connectivity index (χ2v) is 10.5. The molecule has 156 valence electrons. The Kier molecular flexibility index (Phi) is 5.93. The minimum Gasteiger partial charge on any atom is -0.336 e. The summed E-state index contributed by atoms with van der Waals surface area (Å²) in [7, 11) is -3.58. The summed E-state index contributed by atoms with van der Waals surface area (Å²) in [6.07, 6.45) is 9.35. The Morgan fingerprint density at radius 2 is 1.52 bits per heavy atom. The molecule has 7 heteroatoms. The first-order chi connectivity index (χ1) is 14.0. The number of hydrogen-bond donors (Lipinski definition) is 0. The van der Waals surface area contributed by atoms with Crippen LogP contribution in [0.5, 0.6) is 0 Å². The van der Waals surface area contributed by atoms with Gasteiger partial charge in [0.2, 0.25) is 15.9 Å². The van der Waals surface area contributed by atoms with Crippen molar-refractivity contribution >= 4 is 15.9 Å². The van der Waals surface area contributed by atoms with E-state index in [4.69, 9.17) is 5.26 Å². The fourth-order valence-electron chi connectivity index (χ4n) is 4.77. The zero-order valence-electron chi connectivity index (χ0n) is 16.8. The second-order valence-electron chi connectivity index (χ2n) is 8.58. The lowest BCUT2D eigenvalue weighted by molar-refractivity contribution is -0.140. The number of sulfonamides is 1. The molecule has 1 aliphatic heterocycles. The van der Waals surface area contributed by atoms with E-state index in [1.807, 2.05) is 6.07 Å². The number of amides is 1. The number of nitriles is 1. The Morgan fingerprint density at radius 1 is 0.931 bits per heavy atom. The van der Waals surface area contributed by atoms with E-state index < -0.39 is 10.0 Å². The Hall–Kier alpha value is -1.91. The van der Waals surface area contributed by atoms with Crippen molar-refractivity contribution in [1.29, 1.82) is 5.26 Å². The lowest BCUT2D eigenvalue weighted by Gasteiger charge is -2.39. The molecule has 29 heavy (non-hydrogen) atoms. The third-order valence-corrected chi connectivity index (χ3v) is 8.50. The first-order valence-electron chi connectivity index (χ1n) is 10.8. The first kappa shape index (κ1) is 20.4. The van der Waals surface area contributed by atoms with Gasteiger partial charge in [0.05, 0.1) is 16.5 Å². The molecule has 3 aliphatic rings. The maximum absolute atomic E-state index is 13.3. The van der Waals surface area contributed by atoms with Gasteiger partial charge in [-0.05, 0) is 62.8 Å². The maximum Gasteiger partial charge on any atom is 0.243 e. The van der Waals surface area contributed by atoms with Crippen molar-refractivity contribution in [3.63, 3.8) is 0 Å².